The molecule has 2 rings (SSSR count). The van der Waals surface area contributed by atoms with E-state index in [2.05, 4.69) is 0 Å². The maximum atomic E-state index is 12.9. The van der Waals surface area contributed by atoms with Crippen molar-refractivity contribution in [1.82, 2.24) is 9.55 Å². The molecule has 0 amide bonds. The van der Waals surface area contributed by atoms with E-state index in [9.17, 15) is 19.1 Å². The third-order valence-corrected chi connectivity index (χ3v) is 3.40. The van der Waals surface area contributed by atoms with Crippen molar-refractivity contribution < 1.29 is 19.3 Å². The molecule has 3 atom stereocenters. The summed E-state index contributed by atoms with van der Waals surface area (Å²) in [4.78, 5) is 24.7. The van der Waals surface area contributed by atoms with Crippen LogP contribution in [0.25, 0.3) is 0 Å². The average Bonchev–Trinajstić information content (AvgIpc) is 2.71. The molecule has 0 unspecified atom stereocenters. The van der Waals surface area contributed by atoms with E-state index in [4.69, 9.17) is 21.4 Å². The molecule has 2 heterocycles. The molecule has 1 fully saturated rings. The van der Waals surface area contributed by atoms with Crippen LogP contribution in [-0.2, 0) is 4.74 Å². The highest BCUT2D eigenvalue weighted by Crippen LogP contribution is 2.36. The molecule has 106 valence electrons. The van der Waals surface area contributed by atoms with Gasteiger partial charge in [-0.05, 0) is 0 Å². The van der Waals surface area contributed by atoms with Crippen LogP contribution in [-0.4, -0.2) is 44.8 Å². The van der Waals surface area contributed by atoms with Gasteiger partial charge in [0, 0.05) is 12.6 Å². The van der Waals surface area contributed by atoms with E-state index >= 15 is 0 Å². The van der Waals surface area contributed by atoms with Crippen LogP contribution in [0.2, 0.25) is 5.02 Å². The second kappa shape index (κ2) is 5.04. The van der Waals surface area contributed by atoms with Crippen molar-refractivity contribution in [2.45, 2.75) is 24.4 Å². The zero-order chi connectivity index (χ0) is 14.2. The van der Waals surface area contributed by atoms with Crippen LogP contribution in [0, 0.1) is 0 Å². The summed E-state index contributed by atoms with van der Waals surface area (Å²) in [6.07, 6.45) is -1.34. The molecule has 1 saturated heterocycles. The number of aliphatic hydroxyl groups excluding tert-OH is 2. The van der Waals surface area contributed by atoms with Crippen LogP contribution in [0.4, 0.5) is 4.39 Å². The lowest BCUT2D eigenvalue weighted by molar-refractivity contribution is -0.137. The van der Waals surface area contributed by atoms with Gasteiger partial charge in [-0.1, -0.05) is 11.6 Å². The van der Waals surface area contributed by atoms with Gasteiger partial charge in [0.15, 0.2) is 0 Å². The first-order valence-corrected chi connectivity index (χ1v) is 5.85. The number of hydrogen-bond acceptors (Lipinski definition) is 5. The van der Waals surface area contributed by atoms with Crippen molar-refractivity contribution in [2.75, 3.05) is 13.3 Å². The molecule has 0 aliphatic carbocycles. The number of aliphatic hydroxyl groups is 2. The first kappa shape index (κ1) is 14.2. The fourth-order valence-corrected chi connectivity index (χ4v) is 2.11. The topological polar surface area (TPSA) is 105 Å². The maximum Gasteiger partial charge on any atom is 0.330 e. The van der Waals surface area contributed by atoms with Gasteiger partial charge in [-0.2, -0.15) is 0 Å². The molecule has 1 aromatic heterocycles. The summed E-state index contributed by atoms with van der Waals surface area (Å²) < 4.78 is 19.1. The van der Waals surface area contributed by atoms with Gasteiger partial charge in [-0.25, -0.2) is 9.18 Å². The van der Waals surface area contributed by atoms with Crippen LogP contribution in [0.5, 0.6) is 0 Å². The molecular formula is C10H12ClFN2O5. The quantitative estimate of drug-likeness (QED) is 0.675. The highest BCUT2D eigenvalue weighted by atomic mass is 35.5. The zero-order valence-corrected chi connectivity index (χ0v) is 10.4. The number of ether oxygens (including phenoxy) is 1. The molecule has 9 heteroatoms. The third kappa shape index (κ3) is 2.32. The lowest BCUT2D eigenvalue weighted by atomic mass is 10.00. The Morgan fingerprint density at radius 1 is 1.63 bits per heavy atom. The van der Waals surface area contributed by atoms with E-state index in [1.165, 1.54) is 0 Å². The van der Waals surface area contributed by atoms with E-state index in [-0.39, 0.29) is 11.4 Å². The number of rotatable bonds is 3. The molecule has 0 radical (unpaired) electrons. The van der Waals surface area contributed by atoms with E-state index in [1.54, 1.807) is 0 Å². The van der Waals surface area contributed by atoms with E-state index < -0.39 is 42.5 Å². The van der Waals surface area contributed by atoms with Crippen LogP contribution >= 0.6 is 11.6 Å². The molecule has 0 aromatic carbocycles. The predicted octanol–water partition coefficient (Wildman–Crippen LogP) is -0.830. The molecule has 0 bridgehead atoms. The summed E-state index contributed by atoms with van der Waals surface area (Å²) in [5, 5.41) is 18.6. The second-order valence-corrected chi connectivity index (χ2v) is 4.73. The van der Waals surface area contributed by atoms with Gasteiger partial charge in [-0.15, -0.1) is 0 Å². The van der Waals surface area contributed by atoms with Crippen molar-refractivity contribution in [2.24, 2.45) is 0 Å². The van der Waals surface area contributed by atoms with Gasteiger partial charge in [0.2, 0.25) is 0 Å². The average molecular weight is 295 g/mol. The molecule has 0 saturated carbocycles. The Hall–Kier alpha value is -1.22. The number of nitrogens with zero attached hydrogens (tertiary/aromatic N) is 1. The van der Waals surface area contributed by atoms with Crippen molar-refractivity contribution in [3.63, 3.8) is 0 Å². The number of H-pyrrole nitrogens is 1. The Morgan fingerprint density at radius 3 is 2.84 bits per heavy atom. The van der Waals surface area contributed by atoms with Crippen LogP contribution < -0.4 is 11.2 Å². The van der Waals surface area contributed by atoms with Gasteiger partial charge >= 0.3 is 5.69 Å². The Bertz CT molecular complexity index is 582. The fraction of sp³-hybridized carbons (Fsp3) is 0.600. The molecule has 0 spiro atoms. The zero-order valence-electron chi connectivity index (χ0n) is 9.68. The molecule has 3 N–H and O–H groups in total. The molecule has 1 aliphatic heterocycles. The summed E-state index contributed by atoms with van der Waals surface area (Å²) in [7, 11) is 0. The Kier molecular flexibility index (Phi) is 3.77. The Balaban J connectivity index is 2.38. The number of aromatic amines is 1. The minimum Gasteiger partial charge on any atom is -0.393 e. The first-order valence-electron chi connectivity index (χ1n) is 5.47. The molecular weight excluding hydrogens is 283 g/mol. The maximum absolute atomic E-state index is 12.9. The number of nitrogens with one attached hydrogen (secondary N) is 1. The Labute approximate surface area is 111 Å². The summed E-state index contributed by atoms with van der Waals surface area (Å²) in [6.45, 7) is -1.83. The van der Waals surface area contributed by atoms with Crippen molar-refractivity contribution >= 4 is 11.6 Å². The fourth-order valence-electron chi connectivity index (χ4n) is 1.95. The minimum atomic E-state index is -1.76. The van der Waals surface area contributed by atoms with Crippen molar-refractivity contribution in [3.05, 3.63) is 32.1 Å². The van der Waals surface area contributed by atoms with Gasteiger partial charge in [0.1, 0.15) is 23.5 Å². The molecule has 1 aliphatic rings. The van der Waals surface area contributed by atoms with E-state index in [1.807, 2.05) is 4.98 Å². The standard InChI is InChI=1S/C10H12ClFN2O5/c11-5-2-14(9(18)13-8(5)17)7-1-6(16)10(3-12,4-15)19-7/h2,6-7,15-16H,1,3-4H2,(H,13,17,18)/t6-,7+,10+/m0/s1. The Morgan fingerprint density at radius 2 is 2.32 bits per heavy atom. The summed E-state index contributed by atoms with van der Waals surface area (Å²) >= 11 is 5.59. The van der Waals surface area contributed by atoms with Crippen LogP contribution in [0.1, 0.15) is 12.6 Å². The second-order valence-electron chi connectivity index (χ2n) is 4.32. The SMILES string of the molecule is O=c1[nH]c(=O)n([C@H]2C[C@H](O)[C@](CO)(CF)O2)cc1Cl. The number of halogens is 2. The lowest BCUT2D eigenvalue weighted by Gasteiger charge is -2.26. The molecule has 19 heavy (non-hydrogen) atoms. The monoisotopic (exact) mass is 294 g/mol. The van der Waals surface area contributed by atoms with Gasteiger partial charge in [0.05, 0.1) is 12.7 Å². The van der Waals surface area contributed by atoms with Gasteiger partial charge in [0.25, 0.3) is 5.56 Å². The third-order valence-electron chi connectivity index (χ3n) is 3.13. The van der Waals surface area contributed by atoms with E-state index in [0.29, 0.717) is 0 Å². The van der Waals surface area contributed by atoms with Crippen molar-refractivity contribution in [3.8, 4) is 0 Å². The van der Waals surface area contributed by atoms with Gasteiger partial charge in [-0.3, -0.25) is 14.3 Å². The van der Waals surface area contributed by atoms with Crippen LogP contribution in [0.15, 0.2) is 15.8 Å². The highest BCUT2D eigenvalue weighted by molar-refractivity contribution is 6.30. The molecule has 1 aromatic rings. The summed E-state index contributed by atoms with van der Waals surface area (Å²) in [5.74, 6) is 0. The van der Waals surface area contributed by atoms with Crippen molar-refractivity contribution in [1.29, 1.82) is 0 Å². The van der Waals surface area contributed by atoms with Gasteiger partial charge < -0.3 is 14.9 Å². The minimum absolute atomic E-state index is 0.104. The lowest BCUT2D eigenvalue weighted by Crippen LogP contribution is -2.45. The van der Waals surface area contributed by atoms with E-state index in [0.717, 1.165) is 10.8 Å². The predicted molar refractivity (Wildman–Crippen MR) is 62.9 cm³/mol. The summed E-state index contributed by atoms with van der Waals surface area (Å²) in [5.41, 5.74) is -3.30. The smallest absolute Gasteiger partial charge is 0.330 e. The van der Waals surface area contributed by atoms with Crippen LogP contribution in [0.3, 0.4) is 0 Å². The molecule has 7 nitrogen and oxygen atoms in total. The largest absolute Gasteiger partial charge is 0.393 e. The normalized spacial score (nSPS) is 30.7. The number of alkyl halides is 1. The summed E-state index contributed by atoms with van der Waals surface area (Å²) in [6, 6.07) is 0. The number of aromatic nitrogens is 2. The highest BCUT2D eigenvalue weighted by Gasteiger charge is 2.49. The first-order chi connectivity index (χ1) is 8.93. The number of hydrogen-bond donors (Lipinski definition) is 3.